The number of carbonyl (C=O) groups is 1. The normalized spacial score (nSPS) is 22.4. The minimum Gasteiger partial charge on any atom is -0.355 e. The van der Waals surface area contributed by atoms with E-state index in [1.165, 1.54) is 4.90 Å². The molecular weight excluding hydrogens is 245 g/mol. The van der Waals surface area contributed by atoms with Crippen LogP contribution in [-0.4, -0.2) is 49.0 Å². The van der Waals surface area contributed by atoms with E-state index in [0.29, 0.717) is 26.1 Å². The lowest BCUT2D eigenvalue weighted by molar-refractivity contribution is -0.143. The van der Waals surface area contributed by atoms with Crippen molar-refractivity contribution in [2.45, 2.75) is 12.6 Å². The topological polar surface area (TPSA) is 32.3 Å². The molecule has 3 nitrogen and oxygen atoms in total. The summed E-state index contributed by atoms with van der Waals surface area (Å²) in [5, 5.41) is 2.58. The van der Waals surface area contributed by atoms with E-state index >= 15 is 0 Å². The number of nitrogens with one attached hydrogen (secondary N) is 1. The summed E-state index contributed by atoms with van der Waals surface area (Å²) in [6, 6.07) is 0. The van der Waals surface area contributed by atoms with E-state index in [-0.39, 0.29) is 17.7 Å². The molecule has 16 heavy (non-hydrogen) atoms. The zero-order valence-electron chi connectivity index (χ0n) is 8.69. The fourth-order valence-corrected chi connectivity index (χ4v) is 1.88. The number of halogens is 4. The van der Waals surface area contributed by atoms with Crippen LogP contribution in [0.25, 0.3) is 0 Å². The predicted octanol–water partition coefficient (Wildman–Crippen LogP) is 1.23. The van der Waals surface area contributed by atoms with Gasteiger partial charge in [-0.25, -0.2) is 0 Å². The lowest BCUT2D eigenvalue weighted by Gasteiger charge is -2.17. The van der Waals surface area contributed by atoms with Crippen LogP contribution in [0.1, 0.15) is 6.42 Å². The molecule has 1 fully saturated rings. The third kappa shape index (κ3) is 5.03. The first-order valence-corrected chi connectivity index (χ1v) is 5.56. The van der Waals surface area contributed by atoms with Gasteiger partial charge in [-0.15, -0.1) is 11.6 Å². The molecule has 1 heterocycles. The number of nitrogens with zero attached hydrogens (tertiary/aromatic N) is 1. The van der Waals surface area contributed by atoms with Crippen LogP contribution in [0.5, 0.6) is 0 Å². The Labute approximate surface area is 96.9 Å². The SMILES string of the molecule is O=C(CCl)NC[C@@H]1CCN(CC(F)(F)F)C1. The summed E-state index contributed by atoms with van der Waals surface area (Å²) in [5.41, 5.74) is 0. The largest absolute Gasteiger partial charge is 0.401 e. The van der Waals surface area contributed by atoms with Gasteiger partial charge in [0.05, 0.1) is 6.54 Å². The minimum atomic E-state index is -4.14. The molecule has 1 amide bonds. The van der Waals surface area contributed by atoms with Crippen LogP contribution >= 0.6 is 11.6 Å². The summed E-state index contributed by atoms with van der Waals surface area (Å²) in [6.45, 7) is 0.343. The Hall–Kier alpha value is -0.490. The van der Waals surface area contributed by atoms with Crippen molar-refractivity contribution in [3.05, 3.63) is 0 Å². The van der Waals surface area contributed by atoms with Crippen LogP contribution in [0.4, 0.5) is 13.2 Å². The van der Waals surface area contributed by atoms with Crippen molar-refractivity contribution in [3.8, 4) is 0 Å². The second-order valence-electron chi connectivity index (χ2n) is 3.94. The summed E-state index contributed by atoms with van der Waals surface area (Å²) in [6.07, 6.45) is -3.47. The number of hydrogen-bond donors (Lipinski definition) is 1. The van der Waals surface area contributed by atoms with E-state index < -0.39 is 12.7 Å². The van der Waals surface area contributed by atoms with Crippen molar-refractivity contribution in [1.82, 2.24) is 10.2 Å². The monoisotopic (exact) mass is 258 g/mol. The predicted molar refractivity (Wildman–Crippen MR) is 54.3 cm³/mol. The average Bonchev–Trinajstić information content (AvgIpc) is 2.59. The molecule has 1 rings (SSSR count). The van der Waals surface area contributed by atoms with Crippen LogP contribution in [0.15, 0.2) is 0 Å². The number of alkyl halides is 4. The summed E-state index contributed by atoms with van der Waals surface area (Å²) in [5.74, 6) is -0.302. The van der Waals surface area contributed by atoms with Gasteiger partial charge in [0.25, 0.3) is 0 Å². The van der Waals surface area contributed by atoms with E-state index in [9.17, 15) is 18.0 Å². The fraction of sp³-hybridized carbons (Fsp3) is 0.889. The first kappa shape index (κ1) is 13.6. The molecule has 0 radical (unpaired) electrons. The molecule has 94 valence electrons. The van der Waals surface area contributed by atoms with Crippen LogP contribution in [0.3, 0.4) is 0 Å². The number of carbonyl (C=O) groups excluding carboxylic acids is 1. The molecule has 1 aliphatic rings. The Morgan fingerprint density at radius 3 is 2.75 bits per heavy atom. The Balaban J connectivity index is 2.22. The zero-order chi connectivity index (χ0) is 12.2. The third-order valence-electron chi connectivity index (χ3n) is 2.48. The highest BCUT2D eigenvalue weighted by molar-refractivity contribution is 6.27. The summed E-state index contributed by atoms with van der Waals surface area (Å²) >= 11 is 5.28. The maximum atomic E-state index is 12.1. The van der Waals surface area contributed by atoms with Crippen LogP contribution in [-0.2, 0) is 4.79 Å². The standard InChI is InChI=1S/C9H14ClF3N2O/c10-3-8(16)14-4-7-1-2-15(5-7)6-9(11,12)13/h7H,1-6H2,(H,14,16)/t7-/m0/s1. The molecule has 0 saturated carbocycles. The molecular formula is C9H14ClF3N2O. The molecule has 1 aliphatic heterocycles. The van der Waals surface area contributed by atoms with Gasteiger partial charge in [-0.2, -0.15) is 13.2 Å². The minimum absolute atomic E-state index is 0.0921. The fourth-order valence-electron chi connectivity index (χ4n) is 1.78. The lowest BCUT2D eigenvalue weighted by atomic mass is 10.1. The second kappa shape index (κ2) is 5.72. The summed E-state index contributed by atoms with van der Waals surface area (Å²) < 4.78 is 36.2. The zero-order valence-corrected chi connectivity index (χ0v) is 9.44. The molecule has 1 N–H and O–H groups in total. The number of likely N-dealkylation sites (tertiary alicyclic amines) is 1. The van der Waals surface area contributed by atoms with Crippen LogP contribution < -0.4 is 5.32 Å². The molecule has 1 atom stereocenters. The van der Waals surface area contributed by atoms with E-state index in [1.807, 2.05) is 0 Å². The van der Waals surface area contributed by atoms with Crippen molar-refractivity contribution >= 4 is 17.5 Å². The summed E-state index contributed by atoms with van der Waals surface area (Å²) in [4.78, 5) is 12.2. The van der Waals surface area contributed by atoms with Crippen LogP contribution in [0.2, 0.25) is 0 Å². The number of hydrogen-bond acceptors (Lipinski definition) is 2. The van der Waals surface area contributed by atoms with Crippen molar-refractivity contribution in [2.24, 2.45) is 5.92 Å². The van der Waals surface area contributed by atoms with Crippen molar-refractivity contribution in [1.29, 1.82) is 0 Å². The highest BCUT2D eigenvalue weighted by Crippen LogP contribution is 2.22. The van der Waals surface area contributed by atoms with Crippen molar-refractivity contribution < 1.29 is 18.0 Å². The third-order valence-corrected chi connectivity index (χ3v) is 2.72. The van der Waals surface area contributed by atoms with Crippen molar-refractivity contribution in [2.75, 3.05) is 32.1 Å². The van der Waals surface area contributed by atoms with Gasteiger partial charge in [-0.05, 0) is 18.9 Å². The molecule has 7 heteroatoms. The molecule has 1 saturated heterocycles. The maximum absolute atomic E-state index is 12.1. The van der Waals surface area contributed by atoms with Gasteiger partial charge in [0, 0.05) is 13.1 Å². The van der Waals surface area contributed by atoms with Gasteiger partial charge in [-0.3, -0.25) is 9.69 Å². The van der Waals surface area contributed by atoms with Gasteiger partial charge >= 0.3 is 6.18 Å². The first-order chi connectivity index (χ1) is 7.40. The van der Waals surface area contributed by atoms with Gasteiger partial charge in [0.15, 0.2) is 0 Å². The highest BCUT2D eigenvalue weighted by Gasteiger charge is 2.34. The molecule has 0 bridgehead atoms. The van der Waals surface area contributed by atoms with Gasteiger partial charge in [0.2, 0.25) is 5.91 Å². The molecule has 0 aromatic heterocycles. The first-order valence-electron chi connectivity index (χ1n) is 5.02. The molecule has 0 aromatic rings. The van der Waals surface area contributed by atoms with E-state index in [4.69, 9.17) is 11.6 Å². The van der Waals surface area contributed by atoms with Gasteiger partial charge in [-0.1, -0.05) is 0 Å². The van der Waals surface area contributed by atoms with E-state index in [0.717, 1.165) is 0 Å². The Bertz CT molecular complexity index is 247. The average molecular weight is 259 g/mol. The van der Waals surface area contributed by atoms with Gasteiger partial charge < -0.3 is 5.32 Å². The Kier molecular flexibility index (Phi) is 4.86. The number of amides is 1. The van der Waals surface area contributed by atoms with Crippen LogP contribution in [0, 0.1) is 5.92 Å². The van der Waals surface area contributed by atoms with E-state index in [1.54, 1.807) is 0 Å². The smallest absolute Gasteiger partial charge is 0.355 e. The Morgan fingerprint density at radius 1 is 1.50 bits per heavy atom. The summed E-state index contributed by atoms with van der Waals surface area (Å²) in [7, 11) is 0. The molecule has 0 aromatic carbocycles. The molecule has 0 spiro atoms. The van der Waals surface area contributed by atoms with E-state index in [2.05, 4.69) is 5.32 Å². The quantitative estimate of drug-likeness (QED) is 0.769. The Morgan fingerprint density at radius 2 is 2.19 bits per heavy atom. The maximum Gasteiger partial charge on any atom is 0.401 e. The second-order valence-corrected chi connectivity index (χ2v) is 4.21. The van der Waals surface area contributed by atoms with Crippen molar-refractivity contribution in [3.63, 3.8) is 0 Å². The lowest BCUT2D eigenvalue weighted by Crippen LogP contribution is -2.35. The number of rotatable bonds is 4. The molecule has 0 unspecified atom stereocenters. The van der Waals surface area contributed by atoms with Gasteiger partial charge in [0.1, 0.15) is 5.88 Å². The highest BCUT2D eigenvalue weighted by atomic mass is 35.5. The molecule has 0 aliphatic carbocycles.